The van der Waals surface area contributed by atoms with Gasteiger partial charge in [-0.3, -0.25) is 4.79 Å². The second kappa shape index (κ2) is 4.62. The minimum atomic E-state index is -0.822. The monoisotopic (exact) mass is 281 g/mol. The first-order valence-corrected chi connectivity index (χ1v) is 7.11. The summed E-state index contributed by atoms with van der Waals surface area (Å²) in [6.45, 7) is 6.54. The van der Waals surface area contributed by atoms with Crippen molar-refractivity contribution in [1.82, 2.24) is 4.57 Å². The lowest BCUT2D eigenvalue weighted by Crippen LogP contribution is -2.11. The highest BCUT2D eigenvalue weighted by molar-refractivity contribution is 6.08. The van der Waals surface area contributed by atoms with Crippen LogP contribution < -0.4 is 0 Å². The van der Waals surface area contributed by atoms with E-state index in [9.17, 15) is 4.79 Å². The molecule has 0 amide bonds. The quantitative estimate of drug-likeness (QED) is 0.765. The highest BCUT2D eigenvalue weighted by Gasteiger charge is 2.17. The summed E-state index contributed by atoms with van der Waals surface area (Å²) in [6.07, 6.45) is 0. The van der Waals surface area contributed by atoms with Crippen molar-refractivity contribution in [2.75, 3.05) is 0 Å². The Morgan fingerprint density at radius 3 is 2.38 bits per heavy atom. The maximum atomic E-state index is 11.2. The van der Waals surface area contributed by atoms with Crippen molar-refractivity contribution in [2.45, 2.75) is 32.7 Å². The van der Waals surface area contributed by atoms with Gasteiger partial charge in [-0.25, -0.2) is 0 Å². The molecule has 0 radical (unpaired) electrons. The average molecular weight is 281 g/mol. The number of hydrogen-bond donors (Lipinski definition) is 1. The van der Waals surface area contributed by atoms with Crippen molar-refractivity contribution >= 4 is 27.8 Å². The molecule has 0 aliphatic carbocycles. The summed E-state index contributed by atoms with van der Waals surface area (Å²) in [5.74, 6) is -0.822. The Morgan fingerprint density at radius 2 is 1.71 bits per heavy atom. The number of hydrogen-bond acceptors (Lipinski definition) is 1. The zero-order chi connectivity index (χ0) is 15.2. The largest absolute Gasteiger partial charge is 0.480 e. The molecule has 1 aromatic heterocycles. The summed E-state index contributed by atoms with van der Waals surface area (Å²) in [4.78, 5) is 11.2. The number of benzene rings is 2. The standard InChI is InChI=1S/C18H19NO2/c1-18(2,3)12-8-9-16-14(10-12)13-6-4-5-7-15(13)19(16)11-17(20)21/h4-10H,11H2,1-3H3,(H,20,21). The fraction of sp³-hybridized carbons (Fsp3) is 0.278. The Balaban J connectivity index is 2.37. The van der Waals surface area contributed by atoms with Crippen molar-refractivity contribution in [1.29, 1.82) is 0 Å². The van der Waals surface area contributed by atoms with Gasteiger partial charge < -0.3 is 9.67 Å². The molecular formula is C18H19NO2. The van der Waals surface area contributed by atoms with Gasteiger partial charge in [-0.15, -0.1) is 0 Å². The SMILES string of the molecule is CC(C)(C)c1ccc2c(c1)c1ccccc1n2CC(=O)O. The van der Waals surface area contributed by atoms with Gasteiger partial charge in [0.2, 0.25) is 0 Å². The zero-order valence-electron chi connectivity index (χ0n) is 12.6. The topological polar surface area (TPSA) is 42.2 Å². The van der Waals surface area contributed by atoms with Crippen LogP contribution in [0.4, 0.5) is 0 Å². The van der Waals surface area contributed by atoms with E-state index in [2.05, 4.69) is 39.0 Å². The smallest absolute Gasteiger partial charge is 0.323 e. The van der Waals surface area contributed by atoms with E-state index < -0.39 is 5.97 Å². The van der Waals surface area contributed by atoms with Crippen LogP contribution >= 0.6 is 0 Å². The summed E-state index contributed by atoms with van der Waals surface area (Å²) in [7, 11) is 0. The molecule has 0 unspecified atom stereocenters. The van der Waals surface area contributed by atoms with E-state index in [1.54, 1.807) is 0 Å². The van der Waals surface area contributed by atoms with Gasteiger partial charge in [0.25, 0.3) is 0 Å². The summed E-state index contributed by atoms with van der Waals surface area (Å²) in [5, 5.41) is 11.4. The molecule has 0 bridgehead atoms. The molecule has 0 aliphatic rings. The van der Waals surface area contributed by atoms with Crippen LogP contribution in [-0.2, 0) is 16.8 Å². The van der Waals surface area contributed by atoms with Gasteiger partial charge in [-0.2, -0.15) is 0 Å². The summed E-state index contributed by atoms with van der Waals surface area (Å²) >= 11 is 0. The third kappa shape index (κ3) is 2.29. The van der Waals surface area contributed by atoms with Gasteiger partial charge in [-0.05, 0) is 29.2 Å². The number of fused-ring (bicyclic) bond motifs is 3. The van der Waals surface area contributed by atoms with Crippen LogP contribution in [0.2, 0.25) is 0 Å². The van der Waals surface area contributed by atoms with E-state index in [-0.39, 0.29) is 12.0 Å². The average Bonchev–Trinajstić information content (AvgIpc) is 2.72. The summed E-state index contributed by atoms with van der Waals surface area (Å²) in [5.41, 5.74) is 3.28. The Morgan fingerprint density at radius 1 is 1.05 bits per heavy atom. The number of para-hydroxylation sites is 1. The predicted octanol–water partition coefficient (Wildman–Crippen LogP) is 4.18. The molecule has 1 heterocycles. The van der Waals surface area contributed by atoms with E-state index in [0.29, 0.717) is 0 Å². The molecule has 108 valence electrons. The summed E-state index contributed by atoms with van der Waals surface area (Å²) in [6, 6.07) is 14.3. The van der Waals surface area contributed by atoms with Gasteiger partial charge in [0, 0.05) is 21.8 Å². The zero-order valence-corrected chi connectivity index (χ0v) is 12.6. The number of carboxylic acid groups (broad SMARTS) is 1. The van der Waals surface area contributed by atoms with Crippen LogP contribution in [0.15, 0.2) is 42.5 Å². The predicted molar refractivity (Wildman–Crippen MR) is 85.8 cm³/mol. The molecule has 0 fully saturated rings. The number of rotatable bonds is 2. The maximum Gasteiger partial charge on any atom is 0.323 e. The lowest BCUT2D eigenvalue weighted by atomic mass is 9.86. The Bertz CT molecular complexity index is 837. The van der Waals surface area contributed by atoms with Crippen molar-refractivity contribution in [3.8, 4) is 0 Å². The first-order chi connectivity index (χ1) is 9.88. The van der Waals surface area contributed by atoms with E-state index in [1.165, 1.54) is 5.56 Å². The number of aromatic nitrogens is 1. The molecule has 3 heteroatoms. The first-order valence-electron chi connectivity index (χ1n) is 7.11. The molecule has 1 N–H and O–H groups in total. The van der Waals surface area contributed by atoms with Crippen LogP contribution in [0.5, 0.6) is 0 Å². The van der Waals surface area contributed by atoms with Crippen molar-refractivity contribution in [3.63, 3.8) is 0 Å². The fourth-order valence-corrected chi connectivity index (χ4v) is 2.83. The van der Waals surface area contributed by atoms with Gasteiger partial charge in [0.05, 0.1) is 0 Å². The van der Waals surface area contributed by atoms with Gasteiger partial charge in [0.15, 0.2) is 0 Å². The lowest BCUT2D eigenvalue weighted by molar-refractivity contribution is -0.137. The van der Waals surface area contributed by atoms with Gasteiger partial charge in [0.1, 0.15) is 6.54 Å². The van der Waals surface area contributed by atoms with Crippen LogP contribution in [-0.4, -0.2) is 15.6 Å². The Labute approximate surface area is 123 Å². The third-order valence-corrected chi connectivity index (χ3v) is 3.93. The molecule has 0 aliphatic heterocycles. The number of carboxylic acids is 1. The molecule has 0 saturated carbocycles. The Hall–Kier alpha value is -2.29. The lowest BCUT2D eigenvalue weighted by Gasteiger charge is -2.19. The number of nitrogens with zero attached hydrogens (tertiary/aromatic N) is 1. The molecule has 0 atom stereocenters. The van der Waals surface area contributed by atoms with E-state index >= 15 is 0 Å². The molecule has 3 nitrogen and oxygen atoms in total. The number of carbonyl (C=O) groups is 1. The van der Waals surface area contributed by atoms with E-state index in [4.69, 9.17) is 5.11 Å². The highest BCUT2D eigenvalue weighted by Crippen LogP contribution is 2.32. The number of aliphatic carboxylic acids is 1. The van der Waals surface area contributed by atoms with E-state index in [0.717, 1.165) is 21.8 Å². The molecule has 0 saturated heterocycles. The van der Waals surface area contributed by atoms with Gasteiger partial charge in [-0.1, -0.05) is 45.0 Å². The highest BCUT2D eigenvalue weighted by atomic mass is 16.4. The second-order valence-corrected chi connectivity index (χ2v) is 6.48. The fourth-order valence-electron chi connectivity index (χ4n) is 2.83. The van der Waals surface area contributed by atoms with Crippen LogP contribution in [0, 0.1) is 0 Å². The van der Waals surface area contributed by atoms with Gasteiger partial charge >= 0.3 is 5.97 Å². The minimum absolute atomic E-state index is 0.0150. The van der Waals surface area contributed by atoms with Crippen molar-refractivity contribution in [2.24, 2.45) is 0 Å². The van der Waals surface area contributed by atoms with Crippen LogP contribution in [0.1, 0.15) is 26.3 Å². The first kappa shape index (κ1) is 13.7. The van der Waals surface area contributed by atoms with Crippen molar-refractivity contribution in [3.05, 3.63) is 48.0 Å². The van der Waals surface area contributed by atoms with Crippen LogP contribution in [0.25, 0.3) is 21.8 Å². The molecule has 3 rings (SSSR count). The van der Waals surface area contributed by atoms with Crippen LogP contribution in [0.3, 0.4) is 0 Å². The minimum Gasteiger partial charge on any atom is -0.480 e. The summed E-state index contributed by atoms with van der Waals surface area (Å²) < 4.78 is 1.87. The van der Waals surface area contributed by atoms with Crippen molar-refractivity contribution < 1.29 is 9.90 Å². The van der Waals surface area contributed by atoms with E-state index in [1.807, 2.05) is 28.8 Å². The molecule has 3 aromatic rings. The Kier molecular flexibility index (Phi) is 3.01. The second-order valence-electron chi connectivity index (χ2n) is 6.48. The molecular weight excluding hydrogens is 262 g/mol. The normalized spacial score (nSPS) is 12.1. The molecule has 2 aromatic carbocycles. The molecule has 0 spiro atoms. The third-order valence-electron chi connectivity index (χ3n) is 3.93. The maximum absolute atomic E-state index is 11.2. The molecule has 21 heavy (non-hydrogen) atoms.